The second-order valence-electron chi connectivity index (χ2n) is 3.41. The number of hydrogen-bond acceptors (Lipinski definition) is 6. The van der Waals surface area contributed by atoms with Crippen LogP contribution in [-0.4, -0.2) is 68.9 Å². The summed E-state index contributed by atoms with van der Waals surface area (Å²) < 4.78 is 20.1. The molecule has 0 aromatic rings. The van der Waals surface area contributed by atoms with Gasteiger partial charge in [-0.2, -0.15) is 0 Å². The minimum atomic E-state index is -1.12. The lowest BCUT2D eigenvalue weighted by Gasteiger charge is -2.41. The van der Waals surface area contributed by atoms with Gasteiger partial charge >= 0.3 is 0 Å². The van der Waals surface area contributed by atoms with Crippen molar-refractivity contribution in [3.05, 3.63) is 0 Å². The van der Waals surface area contributed by atoms with Crippen molar-refractivity contribution in [3.63, 3.8) is 0 Å². The van der Waals surface area contributed by atoms with Crippen LogP contribution in [0.1, 0.15) is 0 Å². The predicted molar refractivity (Wildman–Crippen MR) is 50.4 cm³/mol. The molecule has 0 saturated carbocycles. The van der Waals surface area contributed by atoms with E-state index in [1.165, 1.54) is 21.3 Å². The van der Waals surface area contributed by atoms with Gasteiger partial charge in [-0.25, -0.2) is 0 Å². The molecular formula is C9H18O6. The fourth-order valence-corrected chi connectivity index (χ4v) is 1.73. The van der Waals surface area contributed by atoms with E-state index in [1.807, 2.05) is 0 Å². The summed E-state index contributed by atoms with van der Waals surface area (Å²) in [7, 11) is 4.36. The van der Waals surface area contributed by atoms with Crippen LogP contribution in [0, 0.1) is 0 Å². The third-order valence-corrected chi connectivity index (χ3v) is 2.51. The topological polar surface area (TPSA) is 77.4 Å². The first-order valence-corrected chi connectivity index (χ1v) is 4.71. The van der Waals surface area contributed by atoms with Gasteiger partial charge in [-0.3, -0.25) is 0 Å². The maximum absolute atomic E-state index is 9.86. The summed E-state index contributed by atoms with van der Waals surface area (Å²) in [6.07, 6.45) is -3.94. The van der Waals surface area contributed by atoms with Gasteiger partial charge in [0, 0.05) is 21.3 Å². The first kappa shape index (κ1) is 12.8. The van der Waals surface area contributed by atoms with E-state index in [0.29, 0.717) is 0 Å². The Morgan fingerprint density at radius 2 is 1.67 bits per heavy atom. The van der Waals surface area contributed by atoms with Crippen LogP contribution in [0.3, 0.4) is 0 Å². The zero-order valence-corrected chi connectivity index (χ0v) is 9.12. The Labute approximate surface area is 88.7 Å². The Balaban J connectivity index is 2.70. The molecule has 1 aliphatic heterocycles. The maximum Gasteiger partial charge on any atom is 0.184 e. The molecule has 6 nitrogen and oxygen atoms in total. The van der Waals surface area contributed by atoms with Crippen LogP contribution in [0.25, 0.3) is 0 Å². The van der Waals surface area contributed by atoms with Crippen molar-refractivity contribution < 1.29 is 29.2 Å². The number of aliphatic hydroxyl groups is 2. The molecule has 0 bridgehead atoms. The average Bonchev–Trinajstić information content (AvgIpc) is 2.22. The summed E-state index contributed by atoms with van der Waals surface area (Å²) in [5.74, 6) is 0. The molecule has 2 N–H and O–H groups in total. The number of methoxy groups -OCH3 is 3. The van der Waals surface area contributed by atoms with Crippen molar-refractivity contribution in [1.82, 2.24) is 0 Å². The highest BCUT2D eigenvalue weighted by atomic mass is 16.7. The molecule has 5 atom stereocenters. The molecule has 15 heavy (non-hydrogen) atoms. The van der Waals surface area contributed by atoms with Gasteiger partial charge in [-0.1, -0.05) is 0 Å². The van der Waals surface area contributed by atoms with Crippen molar-refractivity contribution in [2.45, 2.75) is 30.7 Å². The van der Waals surface area contributed by atoms with Crippen molar-refractivity contribution in [2.24, 2.45) is 0 Å². The third-order valence-electron chi connectivity index (χ3n) is 2.51. The van der Waals surface area contributed by atoms with Crippen LogP contribution in [0.4, 0.5) is 0 Å². The van der Waals surface area contributed by atoms with Gasteiger partial charge < -0.3 is 29.2 Å². The first-order chi connectivity index (χ1) is 7.15. The number of ether oxygens (including phenoxy) is 4. The zero-order chi connectivity index (χ0) is 11.4. The highest BCUT2D eigenvalue weighted by Gasteiger charge is 2.45. The molecule has 1 fully saturated rings. The highest BCUT2D eigenvalue weighted by molar-refractivity contribution is 4.90. The molecule has 0 aromatic heterocycles. The Morgan fingerprint density at radius 3 is 2.13 bits per heavy atom. The Hall–Kier alpha value is -0.240. The van der Waals surface area contributed by atoms with E-state index in [2.05, 4.69) is 0 Å². The van der Waals surface area contributed by atoms with Crippen LogP contribution < -0.4 is 0 Å². The summed E-state index contributed by atoms with van der Waals surface area (Å²) in [6.45, 7) is 0.189. The first-order valence-electron chi connectivity index (χ1n) is 4.71. The second-order valence-corrected chi connectivity index (χ2v) is 3.41. The van der Waals surface area contributed by atoms with Gasteiger partial charge in [0.1, 0.15) is 24.4 Å². The van der Waals surface area contributed by atoms with Crippen LogP contribution in [0.5, 0.6) is 0 Å². The monoisotopic (exact) mass is 222 g/mol. The van der Waals surface area contributed by atoms with E-state index in [-0.39, 0.29) is 6.61 Å². The van der Waals surface area contributed by atoms with E-state index in [1.54, 1.807) is 0 Å². The van der Waals surface area contributed by atoms with Gasteiger partial charge in [0.15, 0.2) is 6.29 Å². The normalized spacial score (nSPS) is 41.8. The van der Waals surface area contributed by atoms with Gasteiger partial charge in [-0.15, -0.1) is 0 Å². The van der Waals surface area contributed by atoms with Crippen LogP contribution in [0.15, 0.2) is 0 Å². The second kappa shape index (κ2) is 5.74. The number of aliphatic hydroxyl groups excluding tert-OH is 2. The maximum atomic E-state index is 9.86. The Bertz CT molecular complexity index is 187. The molecule has 6 heteroatoms. The van der Waals surface area contributed by atoms with Gasteiger partial charge in [0.05, 0.1) is 6.61 Å². The van der Waals surface area contributed by atoms with Gasteiger partial charge in [-0.05, 0) is 0 Å². The third kappa shape index (κ3) is 2.66. The van der Waals surface area contributed by atoms with Crippen molar-refractivity contribution in [2.75, 3.05) is 27.9 Å². The lowest BCUT2D eigenvalue weighted by molar-refractivity contribution is -0.296. The lowest BCUT2D eigenvalue weighted by Crippen LogP contribution is -2.59. The molecule has 1 rings (SSSR count). The van der Waals surface area contributed by atoms with Crippen molar-refractivity contribution >= 4 is 0 Å². The van der Waals surface area contributed by atoms with E-state index in [4.69, 9.17) is 18.9 Å². The molecule has 0 radical (unpaired) electrons. The van der Waals surface area contributed by atoms with Crippen LogP contribution in [-0.2, 0) is 18.9 Å². The number of hydrogen-bond donors (Lipinski definition) is 2. The van der Waals surface area contributed by atoms with Crippen molar-refractivity contribution in [1.29, 1.82) is 0 Å². The predicted octanol–water partition coefficient (Wildman–Crippen LogP) is -1.26. The van der Waals surface area contributed by atoms with E-state index in [0.717, 1.165) is 0 Å². The molecular weight excluding hydrogens is 204 g/mol. The molecule has 90 valence electrons. The highest BCUT2D eigenvalue weighted by Crippen LogP contribution is 2.23. The average molecular weight is 222 g/mol. The van der Waals surface area contributed by atoms with Gasteiger partial charge in [0.2, 0.25) is 0 Å². The summed E-state index contributed by atoms with van der Waals surface area (Å²) in [4.78, 5) is 0. The summed E-state index contributed by atoms with van der Waals surface area (Å²) in [5, 5.41) is 19.4. The molecule has 0 amide bonds. The van der Waals surface area contributed by atoms with Crippen molar-refractivity contribution in [3.8, 4) is 0 Å². The molecule has 0 aromatic carbocycles. The lowest BCUT2D eigenvalue weighted by atomic mass is 9.99. The largest absolute Gasteiger partial charge is 0.387 e. The quantitative estimate of drug-likeness (QED) is 0.618. The summed E-state index contributed by atoms with van der Waals surface area (Å²) in [5.41, 5.74) is 0. The summed E-state index contributed by atoms with van der Waals surface area (Å²) >= 11 is 0. The molecule has 0 unspecified atom stereocenters. The minimum absolute atomic E-state index is 0.189. The fourth-order valence-electron chi connectivity index (χ4n) is 1.73. The van der Waals surface area contributed by atoms with Crippen LogP contribution >= 0.6 is 0 Å². The van der Waals surface area contributed by atoms with E-state index in [9.17, 15) is 10.2 Å². The SMILES string of the molecule is COC[C@H]1O[C@H](O)[C@H](OC)[C@@H](OC)[C@@H]1O. The molecule has 0 aliphatic carbocycles. The smallest absolute Gasteiger partial charge is 0.184 e. The Morgan fingerprint density at radius 1 is 1.07 bits per heavy atom. The zero-order valence-electron chi connectivity index (χ0n) is 9.12. The molecule has 1 saturated heterocycles. The molecule has 1 aliphatic rings. The fraction of sp³-hybridized carbons (Fsp3) is 1.00. The van der Waals surface area contributed by atoms with Gasteiger partial charge in [0.25, 0.3) is 0 Å². The minimum Gasteiger partial charge on any atom is -0.387 e. The molecule has 0 spiro atoms. The van der Waals surface area contributed by atoms with E-state index >= 15 is 0 Å². The molecule has 1 heterocycles. The standard InChI is InChI=1S/C9H18O6/c1-12-4-5-6(10)7(13-2)8(14-3)9(11)15-5/h5-11H,4H2,1-3H3/t5-,6-,7+,8-,9+/m1/s1. The van der Waals surface area contributed by atoms with E-state index < -0.39 is 30.7 Å². The van der Waals surface area contributed by atoms with Crippen LogP contribution in [0.2, 0.25) is 0 Å². The summed E-state index contributed by atoms with van der Waals surface area (Å²) in [6, 6.07) is 0. The Kier molecular flexibility index (Phi) is 4.91. The number of rotatable bonds is 4.